The van der Waals surface area contributed by atoms with Crippen LogP contribution in [-0.4, -0.2) is 11.1 Å². The van der Waals surface area contributed by atoms with Gasteiger partial charge in [0.15, 0.2) is 6.04 Å². The normalized spacial score (nSPS) is 11.6. The Morgan fingerprint density at radius 2 is 1.80 bits per heavy atom. The fourth-order valence-electron chi connectivity index (χ4n) is 2.08. The smallest absolute Gasteiger partial charge is 0.330 e. The molecule has 0 aliphatic rings. The van der Waals surface area contributed by atoms with E-state index in [0.29, 0.717) is 6.42 Å². The number of carboxylic acid groups (broad SMARTS) is 1. The molecule has 0 amide bonds. The van der Waals surface area contributed by atoms with Crippen molar-refractivity contribution < 1.29 is 9.90 Å². The minimum absolute atomic E-state index is 0.699. The van der Waals surface area contributed by atoms with E-state index < -0.39 is 12.0 Å². The number of anilines is 1. The Hall–Kier alpha value is -2.55. The maximum absolute atomic E-state index is 11.5. The van der Waals surface area contributed by atoms with Crippen LogP contribution >= 0.6 is 0 Å². The quantitative estimate of drug-likeness (QED) is 0.785. The minimum atomic E-state index is -0.899. The van der Waals surface area contributed by atoms with Gasteiger partial charge in [-0.2, -0.15) is 0 Å². The second kappa shape index (κ2) is 6.57. The summed E-state index contributed by atoms with van der Waals surface area (Å²) in [5, 5.41) is 12.5. The number of aliphatic carboxylic acids is 1. The van der Waals surface area contributed by atoms with E-state index in [4.69, 9.17) is 0 Å². The van der Waals surface area contributed by atoms with Crippen LogP contribution < -0.4 is 5.32 Å². The summed E-state index contributed by atoms with van der Waals surface area (Å²) in [7, 11) is 0. The Morgan fingerprint density at radius 3 is 2.45 bits per heavy atom. The van der Waals surface area contributed by atoms with Gasteiger partial charge >= 0.3 is 5.97 Å². The number of allylic oxidation sites excluding steroid dienone is 1. The molecule has 0 fully saturated rings. The number of para-hydroxylation sites is 1. The summed E-state index contributed by atoms with van der Waals surface area (Å²) in [5.74, 6) is -0.899. The highest BCUT2D eigenvalue weighted by Gasteiger charge is 2.19. The van der Waals surface area contributed by atoms with Gasteiger partial charge in [-0.1, -0.05) is 54.6 Å². The summed E-state index contributed by atoms with van der Waals surface area (Å²) >= 11 is 0. The van der Waals surface area contributed by atoms with Gasteiger partial charge < -0.3 is 10.4 Å². The highest BCUT2D eigenvalue weighted by Crippen LogP contribution is 2.23. The van der Waals surface area contributed by atoms with Gasteiger partial charge in [0.1, 0.15) is 0 Å². The van der Waals surface area contributed by atoms with Gasteiger partial charge in [-0.25, -0.2) is 4.79 Å². The topological polar surface area (TPSA) is 49.3 Å². The molecule has 1 unspecified atom stereocenters. The highest BCUT2D eigenvalue weighted by molar-refractivity contribution is 5.79. The second-order valence-corrected chi connectivity index (χ2v) is 4.48. The molecule has 0 saturated heterocycles. The first-order valence-electron chi connectivity index (χ1n) is 6.45. The van der Waals surface area contributed by atoms with Crippen molar-refractivity contribution in [1.29, 1.82) is 0 Å². The van der Waals surface area contributed by atoms with E-state index in [-0.39, 0.29) is 0 Å². The van der Waals surface area contributed by atoms with Gasteiger partial charge in [-0.15, -0.1) is 6.58 Å². The van der Waals surface area contributed by atoms with E-state index in [1.54, 1.807) is 6.08 Å². The number of hydrogen-bond donors (Lipinski definition) is 2. The molecule has 2 N–H and O–H groups in total. The number of rotatable bonds is 6. The number of hydrogen-bond acceptors (Lipinski definition) is 2. The minimum Gasteiger partial charge on any atom is -0.479 e. The summed E-state index contributed by atoms with van der Waals surface area (Å²) in [4.78, 5) is 11.5. The molecule has 0 aromatic heterocycles. The Morgan fingerprint density at radius 1 is 1.15 bits per heavy atom. The molecule has 1 atom stereocenters. The molecule has 0 spiro atoms. The Balaban J connectivity index is 2.30. The number of benzene rings is 2. The predicted octanol–water partition coefficient (Wildman–Crippen LogP) is 3.65. The molecule has 20 heavy (non-hydrogen) atoms. The Kier molecular flexibility index (Phi) is 4.56. The molecular formula is C17H17NO2. The van der Waals surface area contributed by atoms with Crippen LogP contribution in [0.2, 0.25) is 0 Å². The molecule has 0 saturated carbocycles. The first-order valence-corrected chi connectivity index (χ1v) is 6.45. The van der Waals surface area contributed by atoms with Crippen LogP contribution in [0.25, 0.3) is 0 Å². The average molecular weight is 267 g/mol. The molecule has 3 nitrogen and oxygen atoms in total. The monoisotopic (exact) mass is 267 g/mol. The van der Waals surface area contributed by atoms with Gasteiger partial charge in [0.25, 0.3) is 0 Å². The maximum atomic E-state index is 11.5. The summed E-state index contributed by atoms with van der Waals surface area (Å²) in [6.45, 7) is 3.73. The zero-order chi connectivity index (χ0) is 14.4. The average Bonchev–Trinajstić information content (AvgIpc) is 2.47. The van der Waals surface area contributed by atoms with E-state index >= 15 is 0 Å². The lowest BCUT2D eigenvalue weighted by Gasteiger charge is -2.18. The molecule has 2 aromatic carbocycles. The third-order valence-electron chi connectivity index (χ3n) is 3.06. The summed E-state index contributed by atoms with van der Waals surface area (Å²) in [6, 6.07) is 16.1. The van der Waals surface area contributed by atoms with Crippen LogP contribution in [-0.2, 0) is 11.2 Å². The molecule has 2 aromatic rings. The van der Waals surface area contributed by atoms with Crippen LogP contribution in [0.5, 0.6) is 0 Å². The van der Waals surface area contributed by atoms with Crippen molar-refractivity contribution in [1.82, 2.24) is 0 Å². The predicted molar refractivity (Wildman–Crippen MR) is 80.8 cm³/mol. The molecule has 0 radical (unpaired) electrons. The molecule has 0 aliphatic carbocycles. The largest absolute Gasteiger partial charge is 0.479 e. The lowest BCUT2D eigenvalue weighted by molar-refractivity contribution is -0.138. The van der Waals surface area contributed by atoms with E-state index in [9.17, 15) is 9.90 Å². The van der Waals surface area contributed by atoms with Crippen molar-refractivity contribution in [2.45, 2.75) is 12.5 Å². The van der Waals surface area contributed by atoms with Crippen LogP contribution in [0.15, 0.2) is 67.3 Å². The van der Waals surface area contributed by atoms with Gasteiger partial charge in [-0.05, 0) is 23.6 Å². The lowest BCUT2D eigenvalue weighted by Crippen LogP contribution is -2.21. The molecule has 3 heteroatoms. The molecule has 0 heterocycles. The molecule has 2 rings (SSSR count). The van der Waals surface area contributed by atoms with E-state index in [0.717, 1.165) is 16.8 Å². The van der Waals surface area contributed by atoms with Crippen LogP contribution in [0.3, 0.4) is 0 Å². The van der Waals surface area contributed by atoms with Crippen molar-refractivity contribution >= 4 is 11.7 Å². The van der Waals surface area contributed by atoms with Crippen LogP contribution in [0, 0.1) is 0 Å². The highest BCUT2D eigenvalue weighted by atomic mass is 16.4. The first-order chi connectivity index (χ1) is 9.72. The van der Waals surface area contributed by atoms with Gasteiger partial charge in [0.2, 0.25) is 0 Å². The zero-order valence-corrected chi connectivity index (χ0v) is 11.1. The Labute approximate surface area is 118 Å². The number of carbonyl (C=O) groups is 1. The van der Waals surface area contributed by atoms with Crippen molar-refractivity contribution in [3.05, 3.63) is 78.4 Å². The maximum Gasteiger partial charge on any atom is 0.330 e. The zero-order valence-electron chi connectivity index (χ0n) is 11.1. The molecular weight excluding hydrogens is 250 g/mol. The third-order valence-corrected chi connectivity index (χ3v) is 3.06. The summed E-state index contributed by atoms with van der Waals surface area (Å²) in [5.41, 5.74) is 2.58. The molecule has 0 bridgehead atoms. The molecule has 0 aliphatic heterocycles. The van der Waals surface area contributed by atoms with E-state index in [1.807, 2.05) is 54.6 Å². The fourth-order valence-corrected chi connectivity index (χ4v) is 2.08. The first kappa shape index (κ1) is 13.9. The summed E-state index contributed by atoms with van der Waals surface area (Å²) < 4.78 is 0. The standard InChI is InChI=1S/C17H17NO2/c1-2-8-13-9-6-7-12-15(13)18-16(17(19)20)14-10-4-3-5-11-14/h2-7,9-12,16,18H,1,8H2,(H,19,20). The fraction of sp³-hybridized carbons (Fsp3) is 0.118. The van der Waals surface area contributed by atoms with Crippen molar-refractivity contribution in [2.75, 3.05) is 5.32 Å². The molecule has 102 valence electrons. The van der Waals surface area contributed by atoms with Crippen LogP contribution in [0.1, 0.15) is 17.2 Å². The Bertz CT molecular complexity index is 593. The van der Waals surface area contributed by atoms with Gasteiger partial charge in [0, 0.05) is 5.69 Å². The summed E-state index contributed by atoms with van der Waals surface area (Å²) in [6.07, 6.45) is 2.50. The van der Waals surface area contributed by atoms with Crippen molar-refractivity contribution in [2.24, 2.45) is 0 Å². The van der Waals surface area contributed by atoms with Crippen LogP contribution in [0.4, 0.5) is 5.69 Å². The van der Waals surface area contributed by atoms with E-state index in [1.165, 1.54) is 0 Å². The van der Waals surface area contributed by atoms with E-state index in [2.05, 4.69) is 11.9 Å². The van der Waals surface area contributed by atoms with Gasteiger partial charge in [0.05, 0.1) is 0 Å². The second-order valence-electron chi connectivity index (χ2n) is 4.48. The van der Waals surface area contributed by atoms with Crippen molar-refractivity contribution in [3.63, 3.8) is 0 Å². The van der Waals surface area contributed by atoms with Gasteiger partial charge in [-0.3, -0.25) is 0 Å². The lowest BCUT2D eigenvalue weighted by atomic mass is 10.0. The number of nitrogens with one attached hydrogen (secondary N) is 1. The number of carboxylic acids is 1. The van der Waals surface area contributed by atoms with Crippen molar-refractivity contribution in [3.8, 4) is 0 Å². The SMILES string of the molecule is C=CCc1ccccc1NC(C(=O)O)c1ccccc1. The third kappa shape index (κ3) is 3.26.